The summed E-state index contributed by atoms with van der Waals surface area (Å²) in [6.07, 6.45) is 2.33. The summed E-state index contributed by atoms with van der Waals surface area (Å²) in [5.41, 5.74) is -0.131. The van der Waals surface area contributed by atoms with Gasteiger partial charge in [0.1, 0.15) is 0 Å². The van der Waals surface area contributed by atoms with Crippen molar-refractivity contribution in [2.24, 2.45) is 17.3 Å². The molecule has 0 spiro atoms. The van der Waals surface area contributed by atoms with Crippen molar-refractivity contribution in [1.82, 2.24) is 5.32 Å². The summed E-state index contributed by atoms with van der Waals surface area (Å²) < 4.78 is 0. The van der Waals surface area contributed by atoms with Crippen molar-refractivity contribution >= 4 is 0 Å². The highest BCUT2D eigenvalue weighted by molar-refractivity contribution is 5.15. The van der Waals surface area contributed by atoms with E-state index in [1.54, 1.807) is 0 Å². The van der Waals surface area contributed by atoms with Gasteiger partial charge in [-0.2, -0.15) is 0 Å². The summed E-state index contributed by atoms with van der Waals surface area (Å²) >= 11 is 0. The summed E-state index contributed by atoms with van der Waals surface area (Å²) in [6, 6.07) is 0.254. The van der Waals surface area contributed by atoms with Crippen molar-refractivity contribution in [1.29, 1.82) is 0 Å². The number of hydrogen-bond acceptors (Lipinski definition) is 2. The van der Waals surface area contributed by atoms with E-state index in [0.29, 0.717) is 11.3 Å². The zero-order chi connectivity index (χ0) is 12.4. The molecule has 0 aromatic carbocycles. The Balaban J connectivity index is 2.15. The fraction of sp³-hybridized carbons (Fsp3) is 1.00. The third-order valence-electron chi connectivity index (χ3n) is 5.01. The summed E-state index contributed by atoms with van der Waals surface area (Å²) in [4.78, 5) is 0. The maximum atomic E-state index is 10.8. The second kappa shape index (κ2) is 3.23. The molecule has 94 valence electrons. The van der Waals surface area contributed by atoms with E-state index < -0.39 is 5.60 Å². The highest BCUT2D eigenvalue weighted by Crippen LogP contribution is 2.62. The minimum Gasteiger partial charge on any atom is -0.388 e. The van der Waals surface area contributed by atoms with Gasteiger partial charge in [0.2, 0.25) is 0 Å². The van der Waals surface area contributed by atoms with Gasteiger partial charge in [-0.05, 0) is 57.8 Å². The van der Waals surface area contributed by atoms with Gasteiger partial charge in [0.25, 0.3) is 0 Å². The first-order chi connectivity index (χ1) is 7.05. The molecule has 0 amide bonds. The van der Waals surface area contributed by atoms with Gasteiger partial charge in [-0.1, -0.05) is 13.8 Å². The van der Waals surface area contributed by atoms with Gasteiger partial charge in [0.05, 0.1) is 5.60 Å². The molecular formula is C14H27NO. The molecule has 0 unspecified atom stereocenters. The third-order valence-corrected chi connectivity index (χ3v) is 5.01. The van der Waals surface area contributed by atoms with E-state index in [1.807, 2.05) is 6.92 Å². The molecule has 0 radical (unpaired) electrons. The smallest absolute Gasteiger partial charge is 0.0805 e. The average molecular weight is 225 g/mol. The average Bonchev–Trinajstić information content (AvgIpc) is 2.04. The van der Waals surface area contributed by atoms with Crippen LogP contribution in [0, 0.1) is 17.3 Å². The van der Waals surface area contributed by atoms with Crippen molar-refractivity contribution in [3.63, 3.8) is 0 Å². The van der Waals surface area contributed by atoms with Crippen LogP contribution in [0.15, 0.2) is 0 Å². The van der Waals surface area contributed by atoms with E-state index in [2.05, 4.69) is 39.9 Å². The Bertz CT molecular complexity index is 288. The molecule has 3 fully saturated rings. The van der Waals surface area contributed by atoms with Crippen molar-refractivity contribution in [2.75, 3.05) is 0 Å². The van der Waals surface area contributed by atoms with Crippen LogP contribution in [0.5, 0.6) is 0 Å². The summed E-state index contributed by atoms with van der Waals surface area (Å²) in [5.74, 6) is 1.25. The van der Waals surface area contributed by atoms with Gasteiger partial charge in [-0.25, -0.2) is 0 Å². The zero-order valence-corrected chi connectivity index (χ0v) is 11.6. The molecule has 3 saturated carbocycles. The van der Waals surface area contributed by atoms with Crippen molar-refractivity contribution in [3.8, 4) is 0 Å². The molecule has 2 bridgehead atoms. The molecule has 16 heavy (non-hydrogen) atoms. The quantitative estimate of drug-likeness (QED) is 0.719. The summed E-state index contributed by atoms with van der Waals surface area (Å²) in [5, 5.41) is 14.4. The second-order valence-electron chi connectivity index (χ2n) is 7.72. The summed E-state index contributed by atoms with van der Waals surface area (Å²) in [7, 11) is 0. The number of aliphatic hydroxyl groups is 1. The predicted octanol–water partition coefficient (Wildman–Crippen LogP) is 2.56. The van der Waals surface area contributed by atoms with Crippen LogP contribution in [0.4, 0.5) is 0 Å². The van der Waals surface area contributed by atoms with E-state index in [4.69, 9.17) is 0 Å². The summed E-state index contributed by atoms with van der Waals surface area (Å²) in [6.45, 7) is 13.2. The molecule has 4 atom stereocenters. The Morgan fingerprint density at radius 1 is 1.12 bits per heavy atom. The van der Waals surface area contributed by atoms with Crippen molar-refractivity contribution in [2.45, 2.75) is 71.6 Å². The highest BCUT2D eigenvalue weighted by Gasteiger charge is 2.62. The van der Waals surface area contributed by atoms with Crippen molar-refractivity contribution in [3.05, 3.63) is 0 Å². The lowest BCUT2D eigenvalue weighted by molar-refractivity contribution is -0.211. The molecule has 0 aromatic heterocycles. The van der Waals surface area contributed by atoms with Crippen LogP contribution in [0.3, 0.4) is 0 Å². The van der Waals surface area contributed by atoms with Gasteiger partial charge in [0, 0.05) is 11.6 Å². The Kier molecular flexibility index (Phi) is 2.50. The van der Waals surface area contributed by atoms with Gasteiger partial charge in [-0.15, -0.1) is 0 Å². The molecule has 0 aliphatic heterocycles. The van der Waals surface area contributed by atoms with Crippen LogP contribution in [-0.2, 0) is 0 Å². The number of hydrogen-bond donors (Lipinski definition) is 2. The minimum absolute atomic E-state index is 0.0859. The number of fused-ring (bicyclic) bond motifs is 2. The lowest BCUT2D eigenvalue weighted by atomic mass is 9.43. The SMILES string of the molecule is CC(C)(C)N[C@H]1C[C@H]2C[C@H](C2(C)C)[C@@]1(C)O. The Morgan fingerprint density at radius 2 is 1.69 bits per heavy atom. The Morgan fingerprint density at radius 3 is 2.06 bits per heavy atom. The maximum absolute atomic E-state index is 10.8. The largest absolute Gasteiger partial charge is 0.388 e. The zero-order valence-electron chi connectivity index (χ0n) is 11.6. The van der Waals surface area contributed by atoms with Crippen LogP contribution in [-0.4, -0.2) is 22.3 Å². The van der Waals surface area contributed by atoms with Gasteiger partial charge in [-0.3, -0.25) is 0 Å². The normalized spacial score (nSPS) is 46.3. The van der Waals surface area contributed by atoms with E-state index in [9.17, 15) is 5.11 Å². The lowest BCUT2D eigenvalue weighted by Crippen LogP contribution is -2.71. The molecule has 0 heterocycles. The minimum atomic E-state index is -0.550. The molecular weight excluding hydrogens is 198 g/mol. The van der Waals surface area contributed by atoms with Gasteiger partial charge >= 0.3 is 0 Å². The molecule has 3 aliphatic rings. The first kappa shape index (κ1) is 12.4. The second-order valence-corrected chi connectivity index (χ2v) is 7.72. The topological polar surface area (TPSA) is 32.3 Å². The third kappa shape index (κ3) is 1.70. The Hall–Kier alpha value is -0.0800. The molecule has 0 saturated heterocycles. The first-order valence-electron chi connectivity index (χ1n) is 6.55. The molecule has 2 heteroatoms. The van der Waals surface area contributed by atoms with E-state index in [1.165, 1.54) is 6.42 Å². The first-order valence-corrected chi connectivity index (χ1v) is 6.55. The van der Waals surface area contributed by atoms with Crippen LogP contribution < -0.4 is 5.32 Å². The van der Waals surface area contributed by atoms with Gasteiger partial charge < -0.3 is 10.4 Å². The van der Waals surface area contributed by atoms with Crippen LogP contribution in [0.1, 0.15) is 54.4 Å². The molecule has 2 N–H and O–H groups in total. The molecule has 3 rings (SSSR count). The van der Waals surface area contributed by atoms with Crippen molar-refractivity contribution < 1.29 is 5.11 Å². The van der Waals surface area contributed by atoms with Crippen LogP contribution in [0.25, 0.3) is 0 Å². The van der Waals surface area contributed by atoms with Crippen LogP contribution >= 0.6 is 0 Å². The molecule has 0 aromatic rings. The Labute approximate surface area is 99.8 Å². The monoisotopic (exact) mass is 225 g/mol. The standard InChI is InChI=1S/C14H27NO/c1-12(2,3)15-11-8-9-7-10(13(9,4)5)14(11,6)16/h9-11,15-16H,7-8H2,1-6H3/t9-,10-,11+,14-/m1/s1. The molecule has 3 aliphatic carbocycles. The van der Waals surface area contributed by atoms with E-state index in [0.717, 1.165) is 12.3 Å². The van der Waals surface area contributed by atoms with Crippen LogP contribution in [0.2, 0.25) is 0 Å². The fourth-order valence-electron chi connectivity index (χ4n) is 3.90. The maximum Gasteiger partial charge on any atom is 0.0805 e. The lowest BCUT2D eigenvalue weighted by Gasteiger charge is -2.66. The number of rotatable bonds is 1. The number of nitrogens with one attached hydrogen (secondary N) is 1. The molecule has 2 nitrogen and oxygen atoms in total. The van der Waals surface area contributed by atoms with Gasteiger partial charge in [0.15, 0.2) is 0 Å². The highest BCUT2D eigenvalue weighted by atomic mass is 16.3. The van der Waals surface area contributed by atoms with E-state index >= 15 is 0 Å². The predicted molar refractivity (Wildman–Crippen MR) is 67.3 cm³/mol. The fourth-order valence-corrected chi connectivity index (χ4v) is 3.90. The van der Waals surface area contributed by atoms with E-state index in [-0.39, 0.29) is 11.6 Å².